The van der Waals surface area contributed by atoms with Crippen molar-refractivity contribution in [1.82, 2.24) is 25.6 Å². The van der Waals surface area contributed by atoms with E-state index in [0.29, 0.717) is 11.4 Å². The number of nitrogens with zero attached hydrogens (tertiary/aromatic N) is 4. The maximum Gasteiger partial charge on any atom is 0.303 e. The lowest BCUT2D eigenvalue weighted by molar-refractivity contribution is -0.186. The van der Waals surface area contributed by atoms with E-state index in [1.54, 1.807) is 18.3 Å². The first-order chi connectivity index (χ1) is 14.3. The van der Waals surface area contributed by atoms with E-state index < -0.39 is 41.7 Å². The Labute approximate surface area is 175 Å². The highest BCUT2D eigenvalue weighted by Crippen LogP contribution is 2.36. The summed E-state index contributed by atoms with van der Waals surface area (Å²) in [7, 11) is 0. The number of hydrogen-bond donors (Lipinski definition) is 1. The molecular weight excluding hydrogens is 418 g/mol. The Hall–Kier alpha value is -3.22. The zero-order valence-electron chi connectivity index (χ0n) is 16.3. The van der Waals surface area contributed by atoms with E-state index in [0.717, 1.165) is 0 Å². The lowest BCUT2D eigenvalue weighted by Crippen LogP contribution is -2.55. The summed E-state index contributed by atoms with van der Waals surface area (Å²) in [5, 5.41) is 13.5. The van der Waals surface area contributed by atoms with Gasteiger partial charge >= 0.3 is 17.9 Å². The zero-order chi connectivity index (χ0) is 21.7. The standard InChI is InChI=1S/C17H19N5O7S/c1-8(23)26-12-7-30-17(15(28-10(3)25)14(12)27-9(2)24)29-11-5-4-6-18-13(11)16-19-21-22-20-16/h4-6,12,14-15,17H,7H2,1-3H3,(H,19,20,21,22)/t12-,14+,15-,17+/m1/s1. The summed E-state index contributed by atoms with van der Waals surface area (Å²) >= 11 is 1.24. The number of tetrazole rings is 1. The van der Waals surface area contributed by atoms with Crippen molar-refractivity contribution in [2.75, 3.05) is 5.75 Å². The number of thioether (sulfide) groups is 1. The molecule has 0 bridgehead atoms. The van der Waals surface area contributed by atoms with Crippen LogP contribution in [0.1, 0.15) is 20.8 Å². The summed E-state index contributed by atoms with van der Waals surface area (Å²) < 4.78 is 22.1. The van der Waals surface area contributed by atoms with Crippen molar-refractivity contribution >= 4 is 29.7 Å². The van der Waals surface area contributed by atoms with Crippen LogP contribution in [0.5, 0.6) is 5.75 Å². The predicted octanol–water partition coefficient (Wildman–Crippen LogP) is 0.508. The second kappa shape index (κ2) is 9.52. The first kappa shape index (κ1) is 21.5. The first-order valence-electron chi connectivity index (χ1n) is 8.84. The predicted molar refractivity (Wildman–Crippen MR) is 101 cm³/mol. The minimum Gasteiger partial charge on any atom is -0.473 e. The molecule has 0 spiro atoms. The van der Waals surface area contributed by atoms with Crippen LogP contribution in [0.15, 0.2) is 18.3 Å². The Balaban J connectivity index is 1.91. The third-order valence-corrected chi connectivity index (χ3v) is 5.10. The normalized spacial score (nSPS) is 23.3. The number of esters is 3. The third-order valence-electron chi connectivity index (χ3n) is 3.89. The number of ether oxygens (including phenoxy) is 4. The van der Waals surface area contributed by atoms with Crippen molar-refractivity contribution in [3.05, 3.63) is 18.3 Å². The molecule has 4 atom stereocenters. The van der Waals surface area contributed by atoms with Crippen molar-refractivity contribution in [3.63, 3.8) is 0 Å². The fraction of sp³-hybridized carbons (Fsp3) is 0.471. The van der Waals surface area contributed by atoms with Gasteiger partial charge in [-0.2, -0.15) is 0 Å². The van der Waals surface area contributed by atoms with Crippen LogP contribution >= 0.6 is 11.8 Å². The average Bonchev–Trinajstić information content (AvgIpc) is 3.20. The summed E-state index contributed by atoms with van der Waals surface area (Å²) in [5.74, 6) is -0.927. The van der Waals surface area contributed by atoms with Crippen LogP contribution in [0, 0.1) is 0 Å². The van der Waals surface area contributed by atoms with E-state index in [1.165, 1.54) is 32.5 Å². The Kier molecular flexibility index (Phi) is 6.82. The molecule has 1 fully saturated rings. The van der Waals surface area contributed by atoms with E-state index in [1.807, 2.05) is 0 Å². The maximum atomic E-state index is 11.7. The quantitative estimate of drug-likeness (QED) is 0.494. The summed E-state index contributed by atoms with van der Waals surface area (Å²) in [4.78, 5) is 39.1. The van der Waals surface area contributed by atoms with Gasteiger partial charge in [-0.05, 0) is 22.6 Å². The van der Waals surface area contributed by atoms with Gasteiger partial charge in [0.25, 0.3) is 0 Å². The lowest BCUT2D eigenvalue weighted by atomic mass is 10.1. The fourth-order valence-corrected chi connectivity index (χ4v) is 4.07. The van der Waals surface area contributed by atoms with E-state index in [-0.39, 0.29) is 11.6 Å². The van der Waals surface area contributed by atoms with Gasteiger partial charge in [0, 0.05) is 32.7 Å². The summed E-state index contributed by atoms with van der Waals surface area (Å²) in [6.45, 7) is 3.67. The Morgan fingerprint density at radius 2 is 1.77 bits per heavy atom. The molecule has 3 heterocycles. The highest BCUT2D eigenvalue weighted by Gasteiger charge is 2.47. The van der Waals surface area contributed by atoms with Gasteiger partial charge in [-0.25, -0.2) is 10.1 Å². The molecule has 1 aliphatic rings. The highest BCUT2D eigenvalue weighted by atomic mass is 32.2. The Morgan fingerprint density at radius 1 is 1.07 bits per heavy atom. The molecule has 3 rings (SSSR count). The van der Waals surface area contributed by atoms with Crippen molar-refractivity contribution in [2.24, 2.45) is 0 Å². The molecule has 0 saturated carbocycles. The van der Waals surface area contributed by atoms with Crippen LogP contribution in [-0.2, 0) is 28.6 Å². The molecule has 1 N–H and O–H groups in total. The van der Waals surface area contributed by atoms with Crippen LogP contribution in [-0.4, -0.2) is 73.0 Å². The molecule has 2 aromatic rings. The molecule has 30 heavy (non-hydrogen) atoms. The number of carbonyl (C=O) groups is 3. The molecule has 0 aliphatic carbocycles. The number of hydrogen-bond acceptors (Lipinski definition) is 12. The Bertz CT molecular complexity index is 910. The van der Waals surface area contributed by atoms with Gasteiger partial charge in [0.05, 0.1) is 0 Å². The number of aromatic nitrogens is 5. The van der Waals surface area contributed by atoms with Crippen molar-refractivity contribution in [3.8, 4) is 17.3 Å². The summed E-state index contributed by atoms with van der Waals surface area (Å²) in [5.41, 5.74) is -0.445. The molecular formula is C17H19N5O7S. The summed E-state index contributed by atoms with van der Waals surface area (Å²) in [6.07, 6.45) is -1.36. The molecule has 0 unspecified atom stereocenters. The monoisotopic (exact) mass is 437 g/mol. The molecule has 160 valence electrons. The van der Waals surface area contributed by atoms with Crippen LogP contribution in [0.25, 0.3) is 11.5 Å². The van der Waals surface area contributed by atoms with Crippen LogP contribution in [0.4, 0.5) is 0 Å². The number of pyridine rings is 1. The van der Waals surface area contributed by atoms with E-state index in [9.17, 15) is 14.4 Å². The average molecular weight is 437 g/mol. The molecule has 1 aliphatic heterocycles. The van der Waals surface area contributed by atoms with Gasteiger partial charge < -0.3 is 18.9 Å². The third kappa shape index (κ3) is 5.23. The maximum absolute atomic E-state index is 11.7. The van der Waals surface area contributed by atoms with Crippen molar-refractivity contribution < 1.29 is 33.3 Å². The van der Waals surface area contributed by atoms with Crippen molar-refractivity contribution in [2.45, 2.75) is 44.5 Å². The van der Waals surface area contributed by atoms with Gasteiger partial charge in [0.2, 0.25) is 5.82 Å². The van der Waals surface area contributed by atoms with Crippen molar-refractivity contribution in [1.29, 1.82) is 0 Å². The van der Waals surface area contributed by atoms with E-state index >= 15 is 0 Å². The number of aromatic amines is 1. The fourth-order valence-electron chi connectivity index (χ4n) is 2.86. The topological polar surface area (TPSA) is 155 Å². The number of H-pyrrole nitrogens is 1. The second-order valence-electron chi connectivity index (χ2n) is 6.22. The second-order valence-corrected chi connectivity index (χ2v) is 7.35. The summed E-state index contributed by atoms with van der Waals surface area (Å²) in [6, 6.07) is 3.30. The molecule has 0 amide bonds. The van der Waals surface area contributed by atoms with Crippen LogP contribution in [0.2, 0.25) is 0 Å². The molecule has 0 aromatic carbocycles. The SMILES string of the molecule is CC(=O)O[C@@H]1[C@@H](OC(C)=O)[C@@H](Oc2cccnc2-c2nnn[nH]2)SC[C@H]1OC(C)=O. The molecule has 13 heteroatoms. The molecule has 12 nitrogen and oxygen atoms in total. The van der Waals surface area contributed by atoms with Gasteiger partial charge in [-0.3, -0.25) is 14.4 Å². The number of nitrogens with one attached hydrogen (secondary N) is 1. The highest BCUT2D eigenvalue weighted by molar-refractivity contribution is 7.99. The molecule has 2 aromatic heterocycles. The number of rotatable bonds is 6. The Morgan fingerprint density at radius 3 is 2.40 bits per heavy atom. The minimum absolute atomic E-state index is 0.249. The van der Waals surface area contributed by atoms with Gasteiger partial charge in [0.1, 0.15) is 0 Å². The van der Waals surface area contributed by atoms with Gasteiger partial charge in [-0.15, -0.1) is 16.9 Å². The first-order valence-corrected chi connectivity index (χ1v) is 9.89. The van der Waals surface area contributed by atoms with Crippen LogP contribution < -0.4 is 4.74 Å². The smallest absolute Gasteiger partial charge is 0.303 e. The van der Waals surface area contributed by atoms with E-state index in [2.05, 4.69) is 25.6 Å². The van der Waals surface area contributed by atoms with Gasteiger partial charge in [0.15, 0.2) is 35.2 Å². The largest absolute Gasteiger partial charge is 0.473 e. The molecule has 1 saturated heterocycles. The van der Waals surface area contributed by atoms with Crippen LogP contribution in [0.3, 0.4) is 0 Å². The number of carbonyl (C=O) groups excluding carboxylic acids is 3. The van der Waals surface area contributed by atoms with E-state index in [4.69, 9.17) is 18.9 Å². The zero-order valence-corrected chi connectivity index (χ0v) is 17.1. The molecule has 0 radical (unpaired) electrons. The minimum atomic E-state index is -1.05. The van der Waals surface area contributed by atoms with Gasteiger partial charge in [-0.1, -0.05) is 0 Å². The lowest BCUT2D eigenvalue weighted by Gasteiger charge is -2.39.